The predicted molar refractivity (Wildman–Crippen MR) is 133 cm³/mol. The average Bonchev–Trinajstić information content (AvgIpc) is 2.61. The van der Waals surface area contributed by atoms with Crippen molar-refractivity contribution in [1.29, 1.82) is 0 Å². The van der Waals surface area contributed by atoms with Crippen LogP contribution in [0.3, 0.4) is 0 Å². The Kier molecular flexibility index (Phi) is 4.04. The highest BCUT2D eigenvalue weighted by molar-refractivity contribution is 7.85. The highest BCUT2D eigenvalue weighted by Gasteiger charge is 2.63. The Morgan fingerprint density at radius 1 is 0.647 bits per heavy atom. The van der Waals surface area contributed by atoms with Gasteiger partial charge in [0.05, 0.1) is 4.90 Å². The Morgan fingerprint density at radius 2 is 1.00 bits per heavy atom. The van der Waals surface area contributed by atoms with Gasteiger partial charge in [-0.2, -0.15) is 0 Å². The Labute approximate surface area is 206 Å². The van der Waals surface area contributed by atoms with E-state index in [4.69, 9.17) is 0 Å². The zero-order valence-corrected chi connectivity index (χ0v) is 22.3. The van der Waals surface area contributed by atoms with Gasteiger partial charge < -0.3 is 4.55 Å². The minimum atomic E-state index is -4.58. The first kappa shape index (κ1) is 22.3. The van der Waals surface area contributed by atoms with Crippen LogP contribution in [0.2, 0.25) is 0 Å². The average molecular weight is 482 g/mol. The van der Waals surface area contributed by atoms with E-state index in [1.165, 1.54) is 38.5 Å². The molecular weight excluding hydrogens is 440 g/mol. The molecule has 0 amide bonds. The summed E-state index contributed by atoms with van der Waals surface area (Å²) in [5.74, 6) is 1.32. The second kappa shape index (κ2) is 6.15. The highest BCUT2D eigenvalue weighted by atomic mass is 32.2. The van der Waals surface area contributed by atoms with Crippen LogP contribution in [0.4, 0.5) is 0 Å². The van der Waals surface area contributed by atoms with Gasteiger partial charge in [-0.3, -0.25) is 0 Å². The summed E-state index contributed by atoms with van der Waals surface area (Å²) in [6, 6.07) is 6.22. The van der Waals surface area contributed by atoms with E-state index in [1.54, 1.807) is 0 Å². The highest BCUT2D eigenvalue weighted by Crippen LogP contribution is 2.72. The molecule has 34 heavy (non-hydrogen) atoms. The lowest BCUT2D eigenvalue weighted by molar-refractivity contribution is -0.113. The Bertz CT molecular complexity index is 1090. The van der Waals surface area contributed by atoms with Crippen LogP contribution in [-0.2, 0) is 20.9 Å². The molecule has 1 aromatic rings. The third kappa shape index (κ3) is 3.00. The quantitative estimate of drug-likeness (QED) is 0.433. The fourth-order valence-electron chi connectivity index (χ4n) is 13.1. The van der Waals surface area contributed by atoms with Crippen LogP contribution in [0.5, 0.6) is 0 Å². The zero-order valence-electron chi connectivity index (χ0n) is 21.5. The first-order chi connectivity index (χ1) is 15.7. The van der Waals surface area contributed by atoms with E-state index < -0.39 is 10.1 Å². The van der Waals surface area contributed by atoms with E-state index in [2.05, 4.69) is 45.9 Å². The van der Waals surface area contributed by atoms with Gasteiger partial charge in [-0.25, -0.2) is 8.42 Å². The lowest BCUT2D eigenvalue weighted by atomic mass is 9.38. The molecule has 4 heteroatoms. The predicted octanol–water partition coefficient (Wildman–Crippen LogP) is 7.09. The van der Waals surface area contributed by atoms with Crippen molar-refractivity contribution >= 4 is 10.1 Å². The zero-order chi connectivity index (χ0) is 24.0. The van der Waals surface area contributed by atoms with Gasteiger partial charge in [0, 0.05) is 0 Å². The third-order valence-electron chi connectivity index (χ3n) is 11.7. The van der Waals surface area contributed by atoms with E-state index in [0.717, 1.165) is 49.7 Å². The van der Waals surface area contributed by atoms with E-state index in [9.17, 15) is 13.0 Å². The molecule has 9 rings (SSSR count). The Balaban J connectivity index is 1.44. The number of hydrogen-bond donors (Lipinski definition) is 0. The van der Waals surface area contributed by atoms with Crippen molar-refractivity contribution in [3.63, 3.8) is 0 Å². The molecule has 0 heterocycles. The molecule has 0 aromatic heterocycles. The van der Waals surface area contributed by atoms with Gasteiger partial charge in [-0.05, 0) is 133 Å². The Hall–Kier alpha value is -0.870. The van der Waals surface area contributed by atoms with Crippen LogP contribution in [0.15, 0.2) is 23.1 Å². The monoisotopic (exact) mass is 481 g/mol. The van der Waals surface area contributed by atoms with Gasteiger partial charge >= 0.3 is 0 Å². The van der Waals surface area contributed by atoms with E-state index in [-0.39, 0.29) is 37.4 Å². The van der Waals surface area contributed by atoms with Gasteiger partial charge in [0.1, 0.15) is 10.1 Å². The molecule has 4 unspecified atom stereocenters. The molecule has 8 bridgehead atoms. The summed E-state index contributed by atoms with van der Waals surface area (Å²) in [5, 5.41) is 0. The first-order valence-electron chi connectivity index (χ1n) is 13.8. The second-order valence-corrected chi connectivity index (χ2v) is 17.3. The maximum atomic E-state index is 13.2. The SMILES string of the molecule is CC12CC3CC(C)(C1)CC(c1cccc(C45CC6CC(C)(CC(C)(C6)C4)C5)c1S(=O)(=O)[O-])(C3)C2. The first-order valence-corrected chi connectivity index (χ1v) is 15.2. The molecule has 8 saturated carbocycles. The second-order valence-electron chi connectivity index (χ2n) is 16.0. The van der Waals surface area contributed by atoms with Crippen molar-refractivity contribution in [3.8, 4) is 0 Å². The minimum Gasteiger partial charge on any atom is -0.744 e. The fourth-order valence-corrected chi connectivity index (χ4v) is 14.2. The summed E-state index contributed by atoms with van der Waals surface area (Å²) in [6.07, 6.45) is 13.9. The molecule has 1 aromatic carbocycles. The lowest BCUT2D eigenvalue weighted by Gasteiger charge is -2.67. The summed E-state index contributed by atoms with van der Waals surface area (Å²) in [5.41, 5.74) is 2.61. The van der Waals surface area contributed by atoms with Crippen LogP contribution >= 0.6 is 0 Å². The van der Waals surface area contributed by atoms with Crippen LogP contribution in [0.1, 0.15) is 116 Å². The van der Waals surface area contributed by atoms with Crippen molar-refractivity contribution < 1.29 is 13.0 Å². The van der Waals surface area contributed by atoms with Crippen LogP contribution in [0, 0.1) is 33.5 Å². The van der Waals surface area contributed by atoms with Crippen LogP contribution in [-0.4, -0.2) is 13.0 Å². The summed E-state index contributed by atoms with van der Waals surface area (Å²) < 4.78 is 39.7. The van der Waals surface area contributed by atoms with Crippen molar-refractivity contribution in [3.05, 3.63) is 29.3 Å². The van der Waals surface area contributed by atoms with Gasteiger partial charge in [-0.1, -0.05) is 45.9 Å². The van der Waals surface area contributed by atoms with Crippen molar-refractivity contribution in [2.24, 2.45) is 33.5 Å². The van der Waals surface area contributed by atoms with Crippen molar-refractivity contribution in [2.75, 3.05) is 0 Å². The largest absolute Gasteiger partial charge is 0.744 e. The van der Waals surface area contributed by atoms with Crippen LogP contribution in [0.25, 0.3) is 0 Å². The number of benzene rings is 1. The normalized spacial score (nSPS) is 53.0. The molecule has 186 valence electrons. The van der Waals surface area contributed by atoms with E-state index >= 15 is 0 Å². The molecule has 4 atom stereocenters. The molecule has 0 radical (unpaired) electrons. The molecular formula is C30H41O3S-. The maximum absolute atomic E-state index is 13.2. The summed E-state index contributed by atoms with van der Waals surface area (Å²) in [6.45, 7) is 9.72. The molecule has 3 nitrogen and oxygen atoms in total. The summed E-state index contributed by atoms with van der Waals surface area (Å²) in [4.78, 5) is 0.221. The van der Waals surface area contributed by atoms with E-state index in [1.807, 2.05) is 0 Å². The van der Waals surface area contributed by atoms with Gasteiger partial charge in [0.2, 0.25) is 0 Å². The van der Waals surface area contributed by atoms with Gasteiger partial charge in [0.15, 0.2) is 0 Å². The molecule has 0 spiro atoms. The molecule has 8 aliphatic rings. The van der Waals surface area contributed by atoms with Crippen LogP contribution < -0.4 is 0 Å². The number of rotatable bonds is 3. The maximum Gasteiger partial charge on any atom is 0.125 e. The Morgan fingerprint density at radius 3 is 1.29 bits per heavy atom. The topological polar surface area (TPSA) is 57.2 Å². The number of hydrogen-bond acceptors (Lipinski definition) is 3. The standard InChI is InChI=1S/C30H42O3S/c1-25-8-20-9-26(2,14-25)17-29(12-20,16-25)22-6-5-7-23(24(22)34(31,32)33)30-13-21-10-27(3,18-30)15-28(4,11-21)19-30/h5-7,20-21H,8-19H2,1-4H3,(H,31,32,33)/p-1. The van der Waals surface area contributed by atoms with E-state index in [0.29, 0.717) is 11.8 Å². The third-order valence-corrected chi connectivity index (χ3v) is 12.6. The molecule has 8 fully saturated rings. The van der Waals surface area contributed by atoms with Crippen molar-refractivity contribution in [2.45, 2.75) is 120 Å². The molecule has 0 N–H and O–H groups in total. The van der Waals surface area contributed by atoms with Crippen molar-refractivity contribution in [1.82, 2.24) is 0 Å². The summed E-state index contributed by atoms with van der Waals surface area (Å²) >= 11 is 0. The van der Waals surface area contributed by atoms with Gasteiger partial charge in [-0.15, -0.1) is 0 Å². The molecule has 0 saturated heterocycles. The minimum absolute atomic E-state index is 0.151. The molecule has 8 aliphatic carbocycles. The smallest absolute Gasteiger partial charge is 0.125 e. The van der Waals surface area contributed by atoms with Gasteiger partial charge in [0.25, 0.3) is 0 Å². The fraction of sp³-hybridized carbons (Fsp3) is 0.800. The lowest BCUT2D eigenvalue weighted by Crippen LogP contribution is -2.58. The summed E-state index contributed by atoms with van der Waals surface area (Å²) in [7, 11) is -4.58. The molecule has 0 aliphatic heterocycles.